The molecule has 0 aliphatic carbocycles. The third-order valence-corrected chi connectivity index (χ3v) is 3.42. The van der Waals surface area contributed by atoms with Crippen LogP contribution in [0.25, 0.3) is 0 Å². The van der Waals surface area contributed by atoms with E-state index >= 15 is 0 Å². The molecule has 1 aromatic carbocycles. The van der Waals surface area contributed by atoms with Crippen LogP contribution >= 0.6 is 0 Å². The number of benzene rings is 1. The van der Waals surface area contributed by atoms with Crippen molar-refractivity contribution in [3.8, 4) is 0 Å². The zero-order valence-electron chi connectivity index (χ0n) is 10.3. The van der Waals surface area contributed by atoms with Crippen molar-refractivity contribution < 1.29 is 17.4 Å². The van der Waals surface area contributed by atoms with E-state index in [0.717, 1.165) is 12.3 Å². The molecule has 0 aromatic heterocycles. The first-order chi connectivity index (χ1) is 8.12. The van der Waals surface area contributed by atoms with Gasteiger partial charge in [-0.3, -0.25) is 0 Å². The Morgan fingerprint density at radius 1 is 1.17 bits per heavy atom. The van der Waals surface area contributed by atoms with Gasteiger partial charge in [0.1, 0.15) is 11.0 Å². The lowest BCUT2D eigenvalue weighted by atomic mass is 10.1. The van der Waals surface area contributed by atoms with Gasteiger partial charge < -0.3 is 0 Å². The molecule has 0 saturated heterocycles. The van der Waals surface area contributed by atoms with Gasteiger partial charge in [-0.15, -0.1) is 0 Å². The maximum atomic E-state index is 12.7. The van der Waals surface area contributed by atoms with Crippen LogP contribution < -0.4 is 0 Å². The molecule has 1 rings (SSSR count). The Kier molecular flexibility index (Phi) is 4.32. The normalized spacial score (nSPS) is 15.0. The number of nitrogens with zero attached hydrogens (tertiary/aromatic N) is 1. The van der Waals surface area contributed by atoms with Gasteiger partial charge in [0.2, 0.25) is 0 Å². The minimum Gasteiger partial charge on any atom is -0.234 e. The first kappa shape index (κ1) is 14.9. The fourth-order valence-electron chi connectivity index (χ4n) is 1.13. The minimum absolute atomic E-state index is 0.0809. The van der Waals surface area contributed by atoms with Gasteiger partial charge >= 0.3 is 6.18 Å². The average molecular weight is 277 g/mol. The lowest BCUT2D eigenvalue weighted by molar-refractivity contribution is -0.137. The molecule has 0 N–H and O–H groups in total. The lowest BCUT2D eigenvalue weighted by Crippen LogP contribution is -2.19. The van der Waals surface area contributed by atoms with Crippen molar-refractivity contribution in [1.82, 2.24) is 0 Å². The fourth-order valence-corrected chi connectivity index (χ4v) is 1.66. The topological polar surface area (TPSA) is 29.4 Å². The third-order valence-electron chi connectivity index (χ3n) is 2.08. The molecule has 0 aliphatic heterocycles. The largest absolute Gasteiger partial charge is 0.417 e. The van der Waals surface area contributed by atoms with Crippen LogP contribution in [0.5, 0.6) is 0 Å². The molecular formula is C12H14F3NOS. The summed E-state index contributed by atoms with van der Waals surface area (Å²) in [6, 6.07) is 5.06. The van der Waals surface area contributed by atoms with Crippen LogP contribution in [0.1, 0.15) is 31.9 Å². The predicted molar refractivity (Wildman–Crippen MR) is 66.9 cm³/mol. The summed E-state index contributed by atoms with van der Waals surface area (Å²) in [7, 11) is -1.57. The summed E-state index contributed by atoms with van der Waals surface area (Å²) < 4.78 is 52.7. The molecule has 0 aliphatic rings. The number of halogens is 3. The van der Waals surface area contributed by atoms with Gasteiger partial charge in [0.25, 0.3) is 0 Å². The number of hydrogen-bond acceptors (Lipinski definition) is 1. The van der Waals surface area contributed by atoms with Gasteiger partial charge in [0.05, 0.1) is 10.3 Å². The summed E-state index contributed by atoms with van der Waals surface area (Å²) in [5, 5.41) is 0. The molecule has 0 bridgehead atoms. The van der Waals surface area contributed by atoms with E-state index in [0.29, 0.717) is 0 Å². The van der Waals surface area contributed by atoms with Gasteiger partial charge in [-0.2, -0.15) is 17.6 Å². The Bertz CT molecular complexity index is 475. The SMILES string of the molecule is CC(C)(C)[S@](=O)N=Cc1ccccc1C(F)(F)F. The van der Waals surface area contributed by atoms with E-state index in [2.05, 4.69) is 4.40 Å². The summed E-state index contributed by atoms with van der Waals surface area (Å²) in [5.74, 6) is 0. The first-order valence-electron chi connectivity index (χ1n) is 5.24. The molecular weight excluding hydrogens is 263 g/mol. The van der Waals surface area contributed by atoms with Crippen molar-refractivity contribution in [2.75, 3.05) is 0 Å². The van der Waals surface area contributed by atoms with Crippen LogP contribution in [0, 0.1) is 0 Å². The molecule has 1 aromatic rings. The number of alkyl halides is 3. The van der Waals surface area contributed by atoms with Crippen molar-refractivity contribution in [2.24, 2.45) is 4.40 Å². The van der Waals surface area contributed by atoms with Crippen LogP contribution in [-0.4, -0.2) is 15.2 Å². The molecule has 2 nitrogen and oxygen atoms in total. The highest BCUT2D eigenvalue weighted by molar-refractivity contribution is 7.85. The van der Waals surface area contributed by atoms with Crippen molar-refractivity contribution >= 4 is 17.2 Å². The number of hydrogen-bond donors (Lipinski definition) is 0. The maximum Gasteiger partial charge on any atom is 0.417 e. The Morgan fingerprint density at radius 2 is 1.72 bits per heavy atom. The molecule has 6 heteroatoms. The van der Waals surface area contributed by atoms with E-state index in [-0.39, 0.29) is 5.56 Å². The zero-order chi connectivity index (χ0) is 14.0. The summed E-state index contributed by atoms with van der Waals surface area (Å²) in [6.45, 7) is 5.11. The zero-order valence-corrected chi connectivity index (χ0v) is 11.1. The predicted octanol–water partition coefficient (Wildman–Crippen LogP) is 3.59. The van der Waals surface area contributed by atoms with Crippen LogP contribution in [0.2, 0.25) is 0 Å². The molecule has 0 unspecified atom stereocenters. The molecule has 18 heavy (non-hydrogen) atoms. The third kappa shape index (κ3) is 3.94. The second kappa shape index (κ2) is 5.22. The highest BCUT2D eigenvalue weighted by atomic mass is 32.2. The second-order valence-electron chi connectivity index (χ2n) is 4.68. The lowest BCUT2D eigenvalue weighted by Gasteiger charge is -2.13. The second-order valence-corrected chi connectivity index (χ2v) is 6.61. The quantitative estimate of drug-likeness (QED) is 0.760. The fraction of sp³-hybridized carbons (Fsp3) is 0.417. The van der Waals surface area contributed by atoms with Gasteiger partial charge in [0.15, 0.2) is 0 Å². The Hall–Kier alpha value is -1.17. The summed E-state index contributed by atoms with van der Waals surface area (Å²) >= 11 is 0. The van der Waals surface area contributed by atoms with Crippen molar-refractivity contribution in [1.29, 1.82) is 0 Å². The summed E-state index contributed by atoms with van der Waals surface area (Å²) in [4.78, 5) is 0. The van der Waals surface area contributed by atoms with E-state index < -0.39 is 27.5 Å². The van der Waals surface area contributed by atoms with E-state index in [4.69, 9.17) is 0 Å². The minimum atomic E-state index is -4.44. The van der Waals surface area contributed by atoms with Gasteiger partial charge in [0, 0.05) is 11.8 Å². The van der Waals surface area contributed by atoms with Crippen LogP contribution in [-0.2, 0) is 17.2 Å². The Labute approximate surface area is 107 Å². The Morgan fingerprint density at radius 3 is 2.22 bits per heavy atom. The summed E-state index contributed by atoms with van der Waals surface area (Å²) in [5.41, 5.74) is -0.859. The molecule has 1 atom stereocenters. The molecule has 0 spiro atoms. The molecule has 100 valence electrons. The van der Waals surface area contributed by atoms with Gasteiger partial charge in [-0.25, -0.2) is 4.21 Å². The van der Waals surface area contributed by atoms with Crippen molar-refractivity contribution in [2.45, 2.75) is 31.7 Å². The maximum absolute atomic E-state index is 12.7. The molecule has 0 radical (unpaired) electrons. The first-order valence-corrected chi connectivity index (χ1v) is 6.35. The van der Waals surface area contributed by atoms with E-state index in [1.165, 1.54) is 18.2 Å². The van der Waals surface area contributed by atoms with E-state index in [1.54, 1.807) is 20.8 Å². The van der Waals surface area contributed by atoms with Crippen LogP contribution in [0.3, 0.4) is 0 Å². The summed E-state index contributed by atoms with van der Waals surface area (Å²) in [6.07, 6.45) is -3.42. The molecule has 0 heterocycles. The molecule has 0 saturated carbocycles. The average Bonchev–Trinajstić information content (AvgIpc) is 2.23. The van der Waals surface area contributed by atoms with E-state index in [1.807, 2.05) is 0 Å². The molecule has 0 amide bonds. The van der Waals surface area contributed by atoms with Gasteiger partial charge in [-0.1, -0.05) is 18.2 Å². The van der Waals surface area contributed by atoms with Crippen molar-refractivity contribution in [3.63, 3.8) is 0 Å². The van der Waals surface area contributed by atoms with Gasteiger partial charge in [-0.05, 0) is 26.8 Å². The van der Waals surface area contributed by atoms with Crippen molar-refractivity contribution in [3.05, 3.63) is 35.4 Å². The van der Waals surface area contributed by atoms with E-state index in [9.17, 15) is 17.4 Å². The highest BCUT2D eigenvalue weighted by Gasteiger charge is 2.32. The standard InChI is InChI=1S/C12H14F3NOS/c1-11(2,3)18(17)16-8-9-6-4-5-7-10(9)12(13,14)15/h4-8H,1-3H3/t18-/m0/s1. The highest BCUT2D eigenvalue weighted by Crippen LogP contribution is 2.31. The Balaban J connectivity index is 3.06. The van der Waals surface area contributed by atoms with Crippen LogP contribution in [0.15, 0.2) is 28.7 Å². The monoisotopic (exact) mass is 277 g/mol. The number of rotatable bonds is 2. The van der Waals surface area contributed by atoms with Crippen LogP contribution in [0.4, 0.5) is 13.2 Å². The molecule has 0 fully saturated rings. The smallest absolute Gasteiger partial charge is 0.234 e.